The number of hydrogen-bond acceptors (Lipinski definition) is 1. The number of hydrogen-bond donors (Lipinski definition) is 0. The van der Waals surface area contributed by atoms with Crippen LogP contribution in [0.3, 0.4) is 0 Å². The number of nitrogens with zero attached hydrogens (tertiary/aromatic N) is 1. The van der Waals surface area contributed by atoms with Crippen molar-refractivity contribution in [1.82, 2.24) is 4.90 Å². The first-order chi connectivity index (χ1) is 6.51. The van der Waals surface area contributed by atoms with Crippen molar-refractivity contribution in [3.8, 4) is 0 Å². The monoisotopic (exact) mass is 197 g/mol. The lowest BCUT2D eigenvalue weighted by molar-refractivity contribution is 0.175. The average molecular weight is 197 g/mol. The molecule has 0 aliphatic carbocycles. The Hall–Kier alpha value is -0.0400. The average Bonchev–Trinajstić information content (AvgIpc) is 2.14. The van der Waals surface area contributed by atoms with Crippen LogP contribution in [0.5, 0.6) is 0 Å². The van der Waals surface area contributed by atoms with E-state index in [-0.39, 0.29) is 0 Å². The van der Waals surface area contributed by atoms with Gasteiger partial charge in [0.25, 0.3) is 0 Å². The molecule has 0 spiro atoms. The maximum atomic E-state index is 2.58. The van der Waals surface area contributed by atoms with Crippen LogP contribution >= 0.6 is 0 Å². The highest BCUT2D eigenvalue weighted by molar-refractivity contribution is 4.73. The van der Waals surface area contributed by atoms with Gasteiger partial charge in [0.05, 0.1) is 0 Å². The maximum Gasteiger partial charge on any atom is -0.00162 e. The molecule has 1 aliphatic rings. The Bertz CT molecular complexity index is 149. The third-order valence-electron chi connectivity index (χ3n) is 3.46. The van der Waals surface area contributed by atoms with Crippen LogP contribution in [0.1, 0.15) is 53.4 Å². The normalized spacial score (nSPS) is 21.4. The minimum Gasteiger partial charge on any atom is -0.304 e. The van der Waals surface area contributed by atoms with Gasteiger partial charge in [0.1, 0.15) is 0 Å². The van der Waals surface area contributed by atoms with Crippen molar-refractivity contribution >= 4 is 0 Å². The van der Waals surface area contributed by atoms with Crippen LogP contribution in [0.2, 0.25) is 0 Å². The first-order valence-electron chi connectivity index (χ1n) is 6.23. The van der Waals surface area contributed by atoms with Crippen molar-refractivity contribution in [2.75, 3.05) is 19.6 Å². The van der Waals surface area contributed by atoms with Crippen molar-refractivity contribution in [2.24, 2.45) is 11.3 Å². The van der Waals surface area contributed by atoms with E-state index in [1.165, 1.54) is 45.3 Å². The summed E-state index contributed by atoms with van der Waals surface area (Å²) in [5, 5.41) is 0. The van der Waals surface area contributed by atoms with Gasteiger partial charge in [0.2, 0.25) is 0 Å². The molecule has 0 amide bonds. The van der Waals surface area contributed by atoms with Crippen LogP contribution in [-0.4, -0.2) is 24.5 Å². The largest absolute Gasteiger partial charge is 0.304 e. The van der Waals surface area contributed by atoms with Gasteiger partial charge >= 0.3 is 0 Å². The van der Waals surface area contributed by atoms with Gasteiger partial charge in [-0.15, -0.1) is 0 Å². The standard InChI is InChI=1S/C13H27N/c1-5-14-10-7-12(8-11-14)6-9-13(2,3)4/h12H,5-11H2,1-4H3. The predicted octanol–water partition coefficient (Wildman–Crippen LogP) is 3.54. The second kappa shape index (κ2) is 5.16. The van der Waals surface area contributed by atoms with Crippen molar-refractivity contribution < 1.29 is 0 Å². The summed E-state index contributed by atoms with van der Waals surface area (Å²) in [5.74, 6) is 1.01. The molecule has 0 aromatic carbocycles. The van der Waals surface area contributed by atoms with E-state index >= 15 is 0 Å². The molecule has 0 N–H and O–H groups in total. The molecule has 1 aliphatic heterocycles. The SMILES string of the molecule is CCN1CCC(CCC(C)(C)C)CC1. The smallest absolute Gasteiger partial charge is 0.00162 e. The van der Waals surface area contributed by atoms with Gasteiger partial charge in [-0.25, -0.2) is 0 Å². The Labute approximate surface area is 89.9 Å². The summed E-state index contributed by atoms with van der Waals surface area (Å²) in [7, 11) is 0. The Morgan fingerprint density at radius 1 is 1.14 bits per heavy atom. The molecule has 1 heteroatoms. The van der Waals surface area contributed by atoms with Crippen LogP contribution in [0.25, 0.3) is 0 Å². The molecule has 0 unspecified atom stereocenters. The number of piperidine rings is 1. The van der Waals surface area contributed by atoms with Gasteiger partial charge in [-0.3, -0.25) is 0 Å². The highest BCUT2D eigenvalue weighted by atomic mass is 15.1. The molecule has 84 valence electrons. The lowest BCUT2D eigenvalue weighted by Gasteiger charge is -2.32. The zero-order valence-corrected chi connectivity index (χ0v) is 10.5. The highest BCUT2D eigenvalue weighted by Gasteiger charge is 2.20. The summed E-state index contributed by atoms with van der Waals surface area (Å²) in [4.78, 5) is 2.58. The van der Waals surface area contributed by atoms with Crippen LogP contribution in [0.4, 0.5) is 0 Å². The van der Waals surface area contributed by atoms with E-state index in [9.17, 15) is 0 Å². The van der Waals surface area contributed by atoms with Gasteiger partial charge in [-0.05, 0) is 56.7 Å². The number of rotatable bonds is 3. The fourth-order valence-electron chi connectivity index (χ4n) is 2.23. The van der Waals surface area contributed by atoms with Crippen LogP contribution < -0.4 is 0 Å². The molecular formula is C13H27N. The van der Waals surface area contributed by atoms with Gasteiger partial charge in [0, 0.05) is 0 Å². The van der Waals surface area contributed by atoms with E-state index in [4.69, 9.17) is 0 Å². The fourth-order valence-corrected chi connectivity index (χ4v) is 2.23. The Balaban J connectivity index is 2.16. The van der Waals surface area contributed by atoms with Gasteiger partial charge in [-0.1, -0.05) is 27.7 Å². The molecule has 0 bridgehead atoms. The third kappa shape index (κ3) is 4.45. The van der Waals surface area contributed by atoms with E-state index in [0.29, 0.717) is 5.41 Å². The molecule has 0 atom stereocenters. The first kappa shape index (κ1) is 12.0. The molecule has 1 nitrogen and oxygen atoms in total. The van der Waals surface area contributed by atoms with Crippen LogP contribution in [0.15, 0.2) is 0 Å². The molecule has 1 rings (SSSR count). The Morgan fingerprint density at radius 3 is 2.14 bits per heavy atom. The molecule has 0 radical (unpaired) electrons. The second-order valence-corrected chi connectivity index (χ2v) is 5.98. The first-order valence-corrected chi connectivity index (χ1v) is 6.23. The van der Waals surface area contributed by atoms with E-state index in [2.05, 4.69) is 32.6 Å². The zero-order chi connectivity index (χ0) is 10.6. The van der Waals surface area contributed by atoms with Crippen molar-refractivity contribution in [3.63, 3.8) is 0 Å². The summed E-state index contributed by atoms with van der Waals surface area (Å²) < 4.78 is 0. The molecule has 1 heterocycles. The molecule has 0 aromatic heterocycles. The minimum absolute atomic E-state index is 0.530. The summed E-state index contributed by atoms with van der Waals surface area (Å²) in [6.45, 7) is 13.3. The molecule has 14 heavy (non-hydrogen) atoms. The third-order valence-corrected chi connectivity index (χ3v) is 3.46. The van der Waals surface area contributed by atoms with Gasteiger partial charge in [0.15, 0.2) is 0 Å². The topological polar surface area (TPSA) is 3.24 Å². The molecule has 1 saturated heterocycles. The molecule has 0 saturated carbocycles. The van der Waals surface area contributed by atoms with E-state index < -0.39 is 0 Å². The van der Waals surface area contributed by atoms with Crippen LogP contribution in [-0.2, 0) is 0 Å². The van der Waals surface area contributed by atoms with Gasteiger partial charge in [-0.2, -0.15) is 0 Å². The minimum atomic E-state index is 0.530. The van der Waals surface area contributed by atoms with Crippen molar-refractivity contribution in [3.05, 3.63) is 0 Å². The number of likely N-dealkylation sites (tertiary alicyclic amines) is 1. The van der Waals surface area contributed by atoms with Crippen LogP contribution in [0, 0.1) is 11.3 Å². The Kier molecular flexibility index (Phi) is 4.43. The summed E-state index contributed by atoms with van der Waals surface area (Å²) in [6.07, 6.45) is 5.71. The van der Waals surface area contributed by atoms with Crippen molar-refractivity contribution in [1.29, 1.82) is 0 Å². The fraction of sp³-hybridized carbons (Fsp3) is 1.00. The summed E-state index contributed by atoms with van der Waals surface area (Å²) >= 11 is 0. The molecular weight excluding hydrogens is 170 g/mol. The molecule has 0 aromatic rings. The van der Waals surface area contributed by atoms with E-state index in [0.717, 1.165) is 5.92 Å². The Morgan fingerprint density at radius 2 is 1.71 bits per heavy atom. The van der Waals surface area contributed by atoms with E-state index in [1.807, 2.05) is 0 Å². The summed E-state index contributed by atoms with van der Waals surface area (Å²) in [5.41, 5.74) is 0.530. The second-order valence-electron chi connectivity index (χ2n) is 5.98. The predicted molar refractivity (Wildman–Crippen MR) is 63.5 cm³/mol. The zero-order valence-electron chi connectivity index (χ0n) is 10.5. The summed E-state index contributed by atoms with van der Waals surface area (Å²) in [6, 6.07) is 0. The van der Waals surface area contributed by atoms with Crippen molar-refractivity contribution in [2.45, 2.75) is 53.4 Å². The highest BCUT2D eigenvalue weighted by Crippen LogP contribution is 2.28. The quantitative estimate of drug-likeness (QED) is 0.669. The maximum absolute atomic E-state index is 2.58. The lowest BCUT2D eigenvalue weighted by Crippen LogP contribution is -2.33. The van der Waals surface area contributed by atoms with Gasteiger partial charge < -0.3 is 4.90 Å². The lowest BCUT2D eigenvalue weighted by atomic mass is 9.83. The van der Waals surface area contributed by atoms with E-state index in [1.54, 1.807) is 0 Å². The molecule has 1 fully saturated rings.